The van der Waals surface area contributed by atoms with Crippen LogP contribution in [0.4, 0.5) is 0 Å². The second kappa shape index (κ2) is 8.54. The quantitative estimate of drug-likeness (QED) is 0.862. The molecule has 1 amide bonds. The lowest BCUT2D eigenvalue weighted by atomic mass is 9.91. The van der Waals surface area contributed by atoms with Gasteiger partial charge >= 0.3 is 0 Å². The van der Waals surface area contributed by atoms with Gasteiger partial charge in [0.1, 0.15) is 0 Å². The number of nitrogens with zero attached hydrogens (tertiary/aromatic N) is 1. The van der Waals surface area contributed by atoms with Gasteiger partial charge in [-0.15, -0.1) is 0 Å². The first-order chi connectivity index (χ1) is 10.6. The number of carbonyl (C=O) groups excluding carboxylic acids is 1. The van der Waals surface area contributed by atoms with Crippen LogP contribution >= 0.6 is 11.6 Å². The highest BCUT2D eigenvalue weighted by Gasteiger charge is 2.28. The van der Waals surface area contributed by atoms with Crippen LogP contribution in [0, 0.1) is 5.92 Å². The van der Waals surface area contributed by atoms with E-state index >= 15 is 0 Å². The number of halogens is 1. The van der Waals surface area contributed by atoms with E-state index in [4.69, 9.17) is 11.6 Å². The molecule has 1 aliphatic heterocycles. The van der Waals surface area contributed by atoms with Gasteiger partial charge in [-0.2, -0.15) is 0 Å². The summed E-state index contributed by atoms with van der Waals surface area (Å²) in [5, 5.41) is 4.16. The van der Waals surface area contributed by atoms with Crippen molar-refractivity contribution in [2.45, 2.75) is 52.1 Å². The van der Waals surface area contributed by atoms with Crippen molar-refractivity contribution in [1.29, 1.82) is 0 Å². The Balaban J connectivity index is 2.07. The number of benzene rings is 1. The van der Waals surface area contributed by atoms with Gasteiger partial charge in [-0.25, -0.2) is 0 Å². The van der Waals surface area contributed by atoms with E-state index in [1.165, 1.54) is 0 Å². The van der Waals surface area contributed by atoms with Crippen LogP contribution in [0.5, 0.6) is 0 Å². The van der Waals surface area contributed by atoms with Gasteiger partial charge in [0.25, 0.3) is 0 Å². The van der Waals surface area contributed by atoms with Crippen LogP contribution in [0.3, 0.4) is 0 Å². The van der Waals surface area contributed by atoms with Gasteiger partial charge in [0.2, 0.25) is 5.91 Å². The molecule has 0 bridgehead atoms. The Bertz CT molecular complexity index is 492. The number of unbranched alkanes of at least 4 members (excludes halogenated alkanes) is 1. The fourth-order valence-electron chi connectivity index (χ4n) is 3.06. The van der Waals surface area contributed by atoms with E-state index in [0.29, 0.717) is 18.5 Å². The summed E-state index contributed by atoms with van der Waals surface area (Å²) in [6.45, 7) is 6.69. The summed E-state index contributed by atoms with van der Waals surface area (Å²) in [4.78, 5) is 14.9. The van der Waals surface area contributed by atoms with E-state index in [2.05, 4.69) is 19.2 Å². The Labute approximate surface area is 139 Å². The van der Waals surface area contributed by atoms with Crippen molar-refractivity contribution in [3.8, 4) is 0 Å². The van der Waals surface area contributed by atoms with Crippen LogP contribution in [-0.4, -0.2) is 29.9 Å². The molecule has 0 radical (unpaired) electrons. The van der Waals surface area contributed by atoms with E-state index in [0.717, 1.165) is 49.4 Å². The number of carbonyl (C=O) groups is 1. The Hall–Kier alpha value is -1.06. The molecule has 1 fully saturated rings. The van der Waals surface area contributed by atoms with Crippen LogP contribution in [0.1, 0.15) is 45.1 Å². The summed E-state index contributed by atoms with van der Waals surface area (Å²) in [7, 11) is 0. The monoisotopic (exact) mass is 322 g/mol. The molecule has 1 heterocycles. The predicted molar refractivity (Wildman–Crippen MR) is 92.0 cm³/mol. The van der Waals surface area contributed by atoms with Crippen LogP contribution in [0.15, 0.2) is 24.3 Å². The predicted octanol–water partition coefficient (Wildman–Crippen LogP) is 3.86. The van der Waals surface area contributed by atoms with Crippen LogP contribution < -0.4 is 5.32 Å². The smallest absolute Gasteiger partial charge is 0.226 e. The fourth-order valence-corrected chi connectivity index (χ4v) is 3.26. The summed E-state index contributed by atoms with van der Waals surface area (Å²) in [6.07, 6.45) is 4.00. The number of amides is 1. The minimum Gasteiger partial charge on any atom is -0.338 e. The van der Waals surface area contributed by atoms with E-state index in [9.17, 15) is 4.79 Å². The highest BCUT2D eigenvalue weighted by atomic mass is 35.5. The first-order valence-electron chi connectivity index (χ1n) is 8.37. The summed E-state index contributed by atoms with van der Waals surface area (Å²) in [5.41, 5.74) is 1.04. The van der Waals surface area contributed by atoms with E-state index < -0.39 is 0 Å². The van der Waals surface area contributed by atoms with Gasteiger partial charge in [0.15, 0.2) is 0 Å². The molecule has 122 valence electrons. The third-order valence-corrected chi connectivity index (χ3v) is 4.75. The molecule has 1 saturated heterocycles. The molecule has 0 aliphatic carbocycles. The number of nitrogens with one attached hydrogen (secondary N) is 1. The summed E-state index contributed by atoms with van der Waals surface area (Å²) in [6, 6.07) is 8.25. The first-order valence-corrected chi connectivity index (χ1v) is 8.75. The van der Waals surface area contributed by atoms with Crippen LogP contribution in [-0.2, 0) is 11.3 Å². The largest absolute Gasteiger partial charge is 0.338 e. The van der Waals surface area contributed by atoms with Crippen molar-refractivity contribution in [1.82, 2.24) is 10.2 Å². The molecular formula is C18H27ClN2O. The average molecular weight is 323 g/mol. The Kier molecular flexibility index (Phi) is 6.71. The van der Waals surface area contributed by atoms with E-state index in [1.807, 2.05) is 29.2 Å². The van der Waals surface area contributed by atoms with Crippen molar-refractivity contribution < 1.29 is 4.79 Å². The Morgan fingerprint density at radius 1 is 1.41 bits per heavy atom. The lowest BCUT2D eigenvalue weighted by Gasteiger charge is -2.32. The molecule has 4 heteroatoms. The van der Waals surface area contributed by atoms with Crippen LogP contribution in [0.2, 0.25) is 5.02 Å². The van der Waals surface area contributed by atoms with Crippen LogP contribution in [0.25, 0.3) is 0 Å². The summed E-state index contributed by atoms with van der Waals surface area (Å²) >= 11 is 6.27. The van der Waals surface area contributed by atoms with Gasteiger partial charge < -0.3 is 10.2 Å². The molecule has 22 heavy (non-hydrogen) atoms. The maximum atomic E-state index is 12.9. The molecule has 3 nitrogen and oxygen atoms in total. The second-order valence-corrected chi connectivity index (χ2v) is 6.69. The second-order valence-electron chi connectivity index (χ2n) is 6.28. The zero-order valence-corrected chi connectivity index (χ0v) is 14.4. The molecule has 2 atom stereocenters. The number of piperidine rings is 1. The van der Waals surface area contributed by atoms with Gasteiger partial charge in [0, 0.05) is 30.1 Å². The molecule has 1 aliphatic rings. The molecule has 0 aromatic heterocycles. The average Bonchev–Trinajstić information content (AvgIpc) is 2.52. The normalized spacial score (nSPS) is 21.6. The minimum absolute atomic E-state index is 0.149. The molecule has 1 N–H and O–H groups in total. The van der Waals surface area contributed by atoms with Gasteiger partial charge in [-0.05, 0) is 44.4 Å². The van der Waals surface area contributed by atoms with Crippen molar-refractivity contribution >= 4 is 17.5 Å². The standard InChI is InChI=1S/C18H27ClN2O/c1-3-4-11-21(13-16-7-5-6-8-17(16)19)18(22)15-9-10-20-14(2)12-15/h5-8,14-15,20H,3-4,9-13H2,1-2H3/t14-,15-/m0/s1. The van der Waals surface area contributed by atoms with Gasteiger partial charge in [-0.3, -0.25) is 4.79 Å². The maximum absolute atomic E-state index is 12.9. The van der Waals surface area contributed by atoms with E-state index in [-0.39, 0.29) is 5.92 Å². The van der Waals surface area contributed by atoms with Crippen molar-refractivity contribution in [3.05, 3.63) is 34.9 Å². The third-order valence-electron chi connectivity index (χ3n) is 4.39. The SMILES string of the molecule is CCCCN(Cc1ccccc1Cl)C(=O)[C@H]1CCN[C@@H](C)C1. The molecule has 2 rings (SSSR count). The molecule has 0 saturated carbocycles. The number of rotatable bonds is 6. The molecule has 1 aromatic rings. The highest BCUT2D eigenvalue weighted by Crippen LogP contribution is 2.22. The summed E-state index contributed by atoms with van der Waals surface area (Å²) in [5.74, 6) is 0.442. The Morgan fingerprint density at radius 2 is 2.18 bits per heavy atom. The lowest BCUT2D eigenvalue weighted by molar-refractivity contribution is -0.137. The van der Waals surface area contributed by atoms with E-state index in [1.54, 1.807) is 0 Å². The maximum Gasteiger partial charge on any atom is 0.226 e. The van der Waals surface area contributed by atoms with Gasteiger partial charge in [-0.1, -0.05) is 43.1 Å². The fraction of sp³-hybridized carbons (Fsp3) is 0.611. The molecule has 0 spiro atoms. The molecule has 0 unspecified atom stereocenters. The zero-order valence-electron chi connectivity index (χ0n) is 13.6. The summed E-state index contributed by atoms with van der Waals surface area (Å²) < 4.78 is 0. The van der Waals surface area contributed by atoms with Gasteiger partial charge in [0.05, 0.1) is 0 Å². The highest BCUT2D eigenvalue weighted by molar-refractivity contribution is 6.31. The third kappa shape index (κ3) is 4.72. The van der Waals surface area contributed by atoms with Crippen molar-refractivity contribution in [2.24, 2.45) is 5.92 Å². The minimum atomic E-state index is 0.149. The Morgan fingerprint density at radius 3 is 2.86 bits per heavy atom. The van der Waals surface area contributed by atoms with Crippen molar-refractivity contribution in [2.75, 3.05) is 13.1 Å². The first kappa shape index (κ1) is 17.3. The molecular weight excluding hydrogens is 296 g/mol. The van der Waals surface area contributed by atoms with Crippen molar-refractivity contribution in [3.63, 3.8) is 0 Å². The molecule has 1 aromatic carbocycles. The lowest BCUT2D eigenvalue weighted by Crippen LogP contribution is -2.44. The zero-order chi connectivity index (χ0) is 15.9. The number of hydrogen-bond acceptors (Lipinski definition) is 2. The topological polar surface area (TPSA) is 32.3 Å². The number of hydrogen-bond donors (Lipinski definition) is 1.